The number of hydrogen-bond acceptors (Lipinski definition) is 4. The van der Waals surface area contributed by atoms with Gasteiger partial charge in [0.1, 0.15) is 11.5 Å². The van der Waals surface area contributed by atoms with Crippen molar-refractivity contribution in [2.24, 2.45) is 5.41 Å². The van der Waals surface area contributed by atoms with Gasteiger partial charge in [-0.2, -0.15) is 0 Å². The number of aliphatic carboxylic acids is 1. The molecule has 1 aliphatic carbocycles. The van der Waals surface area contributed by atoms with Crippen LogP contribution in [0.3, 0.4) is 0 Å². The fraction of sp³-hybridized carbons (Fsp3) is 0.375. The summed E-state index contributed by atoms with van der Waals surface area (Å²) in [5.74, 6) is 0.168. The molecule has 1 aliphatic rings. The van der Waals surface area contributed by atoms with E-state index in [2.05, 4.69) is 4.98 Å². The molecule has 1 N–H and O–H groups in total. The average molecular weight is 322 g/mol. The first-order valence-electron chi connectivity index (χ1n) is 7.00. The SMILES string of the molecule is COc1cc2c(Cl)ccnc2cc1OC(C)C1(C(=O)O)CC1. The van der Waals surface area contributed by atoms with Crippen molar-refractivity contribution in [2.45, 2.75) is 25.9 Å². The van der Waals surface area contributed by atoms with Gasteiger partial charge in [0.2, 0.25) is 0 Å². The second kappa shape index (κ2) is 5.32. The van der Waals surface area contributed by atoms with E-state index < -0.39 is 17.5 Å². The highest BCUT2D eigenvalue weighted by Gasteiger charge is 2.56. The maximum atomic E-state index is 11.4. The van der Waals surface area contributed by atoms with E-state index >= 15 is 0 Å². The van der Waals surface area contributed by atoms with E-state index in [1.54, 1.807) is 31.3 Å². The predicted molar refractivity (Wildman–Crippen MR) is 82.7 cm³/mol. The zero-order valence-corrected chi connectivity index (χ0v) is 13.1. The fourth-order valence-corrected chi connectivity index (χ4v) is 2.81. The first kappa shape index (κ1) is 14.9. The third-order valence-corrected chi connectivity index (χ3v) is 4.60. The molecule has 1 aromatic carbocycles. The number of hydrogen-bond donors (Lipinski definition) is 1. The molecule has 5 nitrogen and oxygen atoms in total. The van der Waals surface area contributed by atoms with Crippen molar-refractivity contribution in [1.82, 2.24) is 4.98 Å². The zero-order chi connectivity index (χ0) is 15.9. The van der Waals surface area contributed by atoms with Crippen LogP contribution in [0.4, 0.5) is 0 Å². The molecule has 1 fully saturated rings. The third-order valence-electron chi connectivity index (χ3n) is 4.27. The molecule has 116 valence electrons. The number of ether oxygens (including phenoxy) is 2. The summed E-state index contributed by atoms with van der Waals surface area (Å²) in [5, 5.41) is 10.7. The Morgan fingerprint density at radius 3 is 2.73 bits per heavy atom. The summed E-state index contributed by atoms with van der Waals surface area (Å²) >= 11 is 6.15. The van der Waals surface area contributed by atoms with Crippen LogP contribution in [0, 0.1) is 5.41 Å². The van der Waals surface area contributed by atoms with E-state index in [1.165, 1.54) is 7.11 Å². The fourth-order valence-electron chi connectivity index (χ4n) is 2.60. The molecule has 0 amide bonds. The molecule has 22 heavy (non-hydrogen) atoms. The summed E-state index contributed by atoms with van der Waals surface area (Å²) in [6, 6.07) is 5.19. The van der Waals surface area contributed by atoms with Gasteiger partial charge in [-0.1, -0.05) is 11.6 Å². The van der Waals surface area contributed by atoms with E-state index in [4.69, 9.17) is 21.1 Å². The lowest BCUT2D eigenvalue weighted by Gasteiger charge is -2.22. The van der Waals surface area contributed by atoms with Crippen LogP contribution in [0.1, 0.15) is 19.8 Å². The number of benzene rings is 1. The topological polar surface area (TPSA) is 68.7 Å². The summed E-state index contributed by atoms with van der Waals surface area (Å²) in [5.41, 5.74) is -0.113. The molecule has 1 aromatic heterocycles. The second-order valence-electron chi connectivity index (χ2n) is 5.53. The van der Waals surface area contributed by atoms with E-state index in [-0.39, 0.29) is 0 Å². The number of aromatic nitrogens is 1. The van der Waals surface area contributed by atoms with Gasteiger partial charge < -0.3 is 14.6 Å². The maximum Gasteiger partial charge on any atom is 0.313 e. The minimum Gasteiger partial charge on any atom is -0.493 e. The van der Waals surface area contributed by atoms with Crippen LogP contribution in [-0.2, 0) is 4.79 Å². The Balaban J connectivity index is 1.98. The van der Waals surface area contributed by atoms with Gasteiger partial charge >= 0.3 is 5.97 Å². The Morgan fingerprint density at radius 1 is 1.41 bits per heavy atom. The van der Waals surface area contributed by atoms with Crippen molar-refractivity contribution in [2.75, 3.05) is 7.11 Å². The monoisotopic (exact) mass is 321 g/mol. The normalized spacial score (nSPS) is 17.0. The molecule has 3 rings (SSSR count). The van der Waals surface area contributed by atoms with Gasteiger partial charge in [-0.25, -0.2) is 0 Å². The van der Waals surface area contributed by atoms with Crippen LogP contribution in [0.2, 0.25) is 5.02 Å². The van der Waals surface area contributed by atoms with Gasteiger partial charge in [0.25, 0.3) is 0 Å². The summed E-state index contributed by atoms with van der Waals surface area (Å²) in [6.07, 6.45) is 2.42. The number of fused-ring (bicyclic) bond motifs is 1. The van der Waals surface area contributed by atoms with E-state index in [9.17, 15) is 9.90 Å². The number of rotatable bonds is 5. The molecule has 0 saturated heterocycles. The maximum absolute atomic E-state index is 11.4. The molecule has 0 radical (unpaired) electrons. The summed E-state index contributed by atoms with van der Waals surface area (Å²) in [7, 11) is 1.53. The van der Waals surface area contributed by atoms with Crippen LogP contribution in [0.15, 0.2) is 24.4 Å². The minimum absolute atomic E-state index is 0.449. The lowest BCUT2D eigenvalue weighted by Crippen LogP contribution is -2.32. The Bertz CT molecular complexity index is 742. The van der Waals surface area contributed by atoms with Gasteiger partial charge in [-0.15, -0.1) is 0 Å². The number of carbonyl (C=O) groups is 1. The molecular weight excluding hydrogens is 306 g/mol. The van der Waals surface area contributed by atoms with Crippen LogP contribution < -0.4 is 9.47 Å². The standard InChI is InChI=1S/C16H16ClNO4/c1-9(16(4-5-16)15(19)20)22-14-8-12-10(7-13(14)21-2)11(17)3-6-18-12/h3,6-9H,4-5H2,1-2H3,(H,19,20). The predicted octanol–water partition coefficient (Wildman–Crippen LogP) is 3.53. The number of nitrogens with zero attached hydrogens (tertiary/aromatic N) is 1. The Hall–Kier alpha value is -2.01. The van der Waals surface area contributed by atoms with Gasteiger partial charge in [-0.05, 0) is 31.9 Å². The smallest absolute Gasteiger partial charge is 0.313 e. The molecule has 1 unspecified atom stereocenters. The molecule has 1 atom stereocenters. The van der Waals surface area contributed by atoms with E-state index in [1.807, 2.05) is 0 Å². The largest absolute Gasteiger partial charge is 0.493 e. The second-order valence-corrected chi connectivity index (χ2v) is 5.94. The average Bonchev–Trinajstić information content (AvgIpc) is 3.28. The van der Waals surface area contributed by atoms with Crippen molar-refractivity contribution in [1.29, 1.82) is 0 Å². The summed E-state index contributed by atoms with van der Waals surface area (Å²) in [4.78, 5) is 15.6. The van der Waals surface area contributed by atoms with E-state index in [0.29, 0.717) is 34.9 Å². The first-order chi connectivity index (χ1) is 10.5. The van der Waals surface area contributed by atoms with Crippen molar-refractivity contribution in [3.8, 4) is 11.5 Å². The van der Waals surface area contributed by atoms with Gasteiger partial charge in [0.15, 0.2) is 11.5 Å². The van der Waals surface area contributed by atoms with Crippen LogP contribution in [0.5, 0.6) is 11.5 Å². The number of methoxy groups -OCH3 is 1. The Morgan fingerprint density at radius 2 is 2.14 bits per heavy atom. The van der Waals surface area contributed by atoms with Crippen molar-refractivity contribution in [3.63, 3.8) is 0 Å². The lowest BCUT2D eigenvalue weighted by molar-refractivity contribution is -0.146. The molecule has 0 bridgehead atoms. The van der Waals surface area contributed by atoms with Crippen LogP contribution >= 0.6 is 11.6 Å². The third kappa shape index (κ3) is 2.35. The summed E-state index contributed by atoms with van der Waals surface area (Å²) < 4.78 is 11.2. The van der Waals surface area contributed by atoms with Crippen molar-refractivity contribution >= 4 is 28.5 Å². The first-order valence-corrected chi connectivity index (χ1v) is 7.38. The Labute approximate surface area is 132 Å². The molecule has 1 saturated carbocycles. The zero-order valence-electron chi connectivity index (χ0n) is 12.3. The van der Waals surface area contributed by atoms with Crippen molar-refractivity contribution in [3.05, 3.63) is 29.4 Å². The van der Waals surface area contributed by atoms with Gasteiger partial charge in [0.05, 0.1) is 17.6 Å². The molecule has 1 heterocycles. The molecule has 2 aromatic rings. The van der Waals surface area contributed by atoms with Crippen LogP contribution in [0.25, 0.3) is 10.9 Å². The van der Waals surface area contributed by atoms with Gasteiger partial charge in [-0.3, -0.25) is 9.78 Å². The molecule has 0 aliphatic heterocycles. The number of halogens is 1. The van der Waals surface area contributed by atoms with Gasteiger partial charge in [0, 0.05) is 17.6 Å². The highest BCUT2D eigenvalue weighted by molar-refractivity contribution is 6.35. The quantitative estimate of drug-likeness (QED) is 0.912. The highest BCUT2D eigenvalue weighted by Crippen LogP contribution is 2.50. The van der Waals surface area contributed by atoms with Crippen LogP contribution in [-0.4, -0.2) is 29.3 Å². The Kier molecular flexibility index (Phi) is 3.60. The highest BCUT2D eigenvalue weighted by atomic mass is 35.5. The molecule has 6 heteroatoms. The van der Waals surface area contributed by atoms with Crippen molar-refractivity contribution < 1.29 is 19.4 Å². The van der Waals surface area contributed by atoms with E-state index in [0.717, 1.165) is 5.39 Å². The lowest BCUT2D eigenvalue weighted by atomic mass is 10.0. The number of carboxylic acids is 1. The number of carboxylic acid groups (broad SMARTS) is 1. The number of pyridine rings is 1. The minimum atomic E-state index is -0.819. The molecule has 0 spiro atoms. The summed E-state index contributed by atoms with van der Waals surface area (Å²) in [6.45, 7) is 1.77. The molecular formula is C16H16ClNO4.